The summed E-state index contributed by atoms with van der Waals surface area (Å²) in [5.41, 5.74) is 5.37. The Morgan fingerprint density at radius 2 is 1.78 bits per heavy atom. The number of fused-ring (bicyclic) bond motifs is 1. The van der Waals surface area contributed by atoms with Gasteiger partial charge in [0.25, 0.3) is 0 Å². The first-order chi connectivity index (χ1) is 21.9. The van der Waals surface area contributed by atoms with Crippen LogP contribution in [0.2, 0.25) is 0 Å². The summed E-state index contributed by atoms with van der Waals surface area (Å²) in [6.45, 7) is 7.79. The zero-order valence-electron chi connectivity index (χ0n) is 26.4. The standard InChI is InChI=1S/C30H40N5O10P/c1-6-16-40-29(38)19(4)34-46(39,45-20-12-10-9-11-13-20)41-17-30(5)27(43-24(37)8-3)26(42-23(36)7-2)25(44-30)21-14-15-22-28(31)32-18-33-35(21)22/h9-15,18-19,25-27H,6-8,16-17H2,1-5H3,(H,34,39)(H2,31,32,33)/t19-,25-,26-,27-,30+,46?/m0/s1. The maximum Gasteiger partial charge on any atom is 0.459 e. The van der Waals surface area contributed by atoms with Gasteiger partial charge in [-0.05, 0) is 44.5 Å². The van der Waals surface area contributed by atoms with Crippen molar-refractivity contribution in [1.82, 2.24) is 19.7 Å². The van der Waals surface area contributed by atoms with Gasteiger partial charge >= 0.3 is 25.7 Å². The van der Waals surface area contributed by atoms with Crippen LogP contribution in [0, 0.1) is 0 Å². The molecule has 2 aromatic heterocycles. The van der Waals surface area contributed by atoms with Crippen LogP contribution in [0.4, 0.5) is 5.82 Å². The summed E-state index contributed by atoms with van der Waals surface area (Å²) in [7, 11) is -4.35. The first-order valence-corrected chi connectivity index (χ1v) is 16.6. The number of anilines is 1. The third-order valence-electron chi connectivity index (χ3n) is 7.14. The predicted octanol–water partition coefficient (Wildman–Crippen LogP) is 3.92. The average molecular weight is 662 g/mol. The van der Waals surface area contributed by atoms with Crippen LogP contribution in [-0.4, -0.2) is 69.6 Å². The second kappa shape index (κ2) is 15.0. The number of hydrogen-bond acceptors (Lipinski definition) is 13. The SMILES string of the molecule is CCCOC(=O)[C@H](C)NP(=O)(OC[C@@]1(C)O[C@@H](c2ccc3c(N)ncnn23)[C@H](OC(=O)CC)[C@@H]1OC(=O)CC)Oc1ccccc1. The van der Waals surface area contributed by atoms with Crippen LogP contribution in [0.25, 0.3) is 5.52 Å². The van der Waals surface area contributed by atoms with Crippen LogP contribution >= 0.6 is 7.75 Å². The fourth-order valence-corrected chi connectivity index (χ4v) is 6.37. The van der Waals surface area contributed by atoms with Gasteiger partial charge in [0.1, 0.15) is 35.3 Å². The Morgan fingerprint density at radius 1 is 1.09 bits per heavy atom. The van der Waals surface area contributed by atoms with Crippen LogP contribution in [0.3, 0.4) is 0 Å². The van der Waals surface area contributed by atoms with Crippen molar-refractivity contribution in [2.24, 2.45) is 0 Å². The molecule has 6 atom stereocenters. The highest BCUT2D eigenvalue weighted by molar-refractivity contribution is 7.52. The Labute approximate surface area is 266 Å². The van der Waals surface area contributed by atoms with Gasteiger partial charge in [-0.25, -0.2) is 14.1 Å². The number of benzene rings is 1. The van der Waals surface area contributed by atoms with Crippen molar-refractivity contribution < 1.29 is 46.9 Å². The van der Waals surface area contributed by atoms with Crippen LogP contribution in [0.5, 0.6) is 5.75 Å². The van der Waals surface area contributed by atoms with E-state index in [1.54, 1.807) is 63.2 Å². The van der Waals surface area contributed by atoms with Gasteiger partial charge in [0, 0.05) is 12.8 Å². The van der Waals surface area contributed by atoms with Crippen LogP contribution in [0.1, 0.15) is 65.7 Å². The molecule has 46 heavy (non-hydrogen) atoms. The lowest BCUT2D eigenvalue weighted by molar-refractivity contribution is -0.171. The van der Waals surface area contributed by atoms with Crippen LogP contribution in [0.15, 0.2) is 48.8 Å². The van der Waals surface area contributed by atoms with E-state index in [1.807, 2.05) is 6.92 Å². The maximum absolute atomic E-state index is 14.2. The van der Waals surface area contributed by atoms with E-state index in [1.165, 1.54) is 17.8 Å². The summed E-state index contributed by atoms with van der Waals surface area (Å²) < 4.78 is 50.8. The third kappa shape index (κ3) is 8.02. The summed E-state index contributed by atoms with van der Waals surface area (Å²) in [6.07, 6.45) is -1.54. The molecule has 1 saturated heterocycles. The highest BCUT2D eigenvalue weighted by atomic mass is 31.2. The van der Waals surface area contributed by atoms with E-state index in [0.717, 1.165) is 0 Å². The van der Waals surface area contributed by atoms with E-state index in [-0.39, 0.29) is 31.0 Å². The van der Waals surface area contributed by atoms with Gasteiger partial charge in [-0.3, -0.25) is 18.9 Å². The normalized spacial score (nSPS) is 22.9. The van der Waals surface area contributed by atoms with Gasteiger partial charge in [-0.15, -0.1) is 0 Å². The molecule has 3 N–H and O–H groups in total. The smallest absolute Gasteiger partial charge is 0.459 e. The molecule has 0 aliphatic carbocycles. The van der Waals surface area contributed by atoms with E-state index in [2.05, 4.69) is 15.2 Å². The first kappa shape index (κ1) is 34.8. The van der Waals surface area contributed by atoms with Crippen molar-refractivity contribution in [3.63, 3.8) is 0 Å². The molecule has 3 heterocycles. The highest BCUT2D eigenvalue weighted by Gasteiger charge is 2.59. The number of ether oxygens (including phenoxy) is 4. The number of nitrogen functional groups attached to an aromatic ring is 1. The molecule has 1 aromatic carbocycles. The van der Waals surface area contributed by atoms with E-state index in [4.69, 9.17) is 33.7 Å². The minimum Gasteiger partial charge on any atom is -0.465 e. The lowest BCUT2D eigenvalue weighted by Gasteiger charge is -2.32. The number of carbonyl (C=O) groups is 3. The molecule has 0 radical (unpaired) electrons. The highest BCUT2D eigenvalue weighted by Crippen LogP contribution is 2.50. The van der Waals surface area contributed by atoms with Gasteiger partial charge in [-0.1, -0.05) is 39.0 Å². The molecule has 1 fully saturated rings. The van der Waals surface area contributed by atoms with E-state index in [9.17, 15) is 18.9 Å². The number of carbonyl (C=O) groups excluding carboxylic acids is 3. The van der Waals surface area contributed by atoms with Crippen molar-refractivity contribution in [3.8, 4) is 5.75 Å². The molecular weight excluding hydrogens is 621 g/mol. The van der Waals surface area contributed by atoms with E-state index < -0.39 is 62.2 Å². The van der Waals surface area contributed by atoms with Gasteiger partial charge in [0.15, 0.2) is 18.0 Å². The molecule has 15 nitrogen and oxygen atoms in total. The van der Waals surface area contributed by atoms with Gasteiger partial charge in [0.05, 0.1) is 18.9 Å². The lowest BCUT2D eigenvalue weighted by atomic mass is 9.96. The number of nitrogens with one attached hydrogen (secondary N) is 1. The second-order valence-electron chi connectivity index (χ2n) is 10.8. The largest absolute Gasteiger partial charge is 0.465 e. The number of hydrogen-bond donors (Lipinski definition) is 2. The number of rotatable bonds is 15. The summed E-state index contributed by atoms with van der Waals surface area (Å²) in [5.74, 6) is -1.43. The Kier molecular flexibility index (Phi) is 11.4. The zero-order chi connectivity index (χ0) is 33.5. The van der Waals surface area contributed by atoms with Gasteiger partial charge < -0.3 is 29.2 Å². The van der Waals surface area contributed by atoms with Gasteiger partial charge in [0.2, 0.25) is 0 Å². The molecule has 3 aromatic rings. The maximum atomic E-state index is 14.2. The van der Waals surface area contributed by atoms with Crippen LogP contribution in [-0.2, 0) is 42.4 Å². The average Bonchev–Trinajstić information content (AvgIpc) is 3.59. The number of nitrogens with two attached hydrogens (primary N) is 1. The molecule has 0 spiro atoms. The molecular formula is C30H40N5O10P. The molecule has 0 saturated carbocycles. The van der Waals surface area contributed by atoms with Crippen molar-refractivity contribution in [3.05, 3.63) is 54.5 Å². The fraction of sp³-hybridized carbons (Fsp3) is 0.500. The van der Waals surface area contributed by atoms with E-state index >= 15 is 0 Å². The first-order valence-electron chi connectivity index (χ1n) is 15.0. The molecule has 0 bridgehead atoms. The summed E-state index contributed by atoms with van der Waals surface area (Å²) >= 11 is 0. The Hall–Kier alpha value is -4.04. The number of aromatic nitrogens is 3. The predicted molar refractivity (Wildman–Crippen MR) is 164 cm³/mol. The summed E-state index contributed by atoms with van der Waals surface area (Å²) in [4.78, 5) is 42.0. The molecule has 1 aliphatic heterocycles. The second-order valence-corrected chi connectivity index (χ2v) is 12.5. The lowest BCUT2D eigenvalue weighted by Crippen LogP contribution is -2.48. The summed E-state index contributed by atoms with van der Waals surface area (Å²) in [5, 5.41) is 6.91. The zero-order valence-corrected chi connectivity index (χ0v) is 27.3. The molecule has 250 valence electrons. The minimum absolute atomic E-state index is 0.0128. The van der Waals surface area contributed by atoms with Crippen molar-refractivity contribution in [2.75, 3.05) is 18.9 Å². The fourth-order valence-electron chi connectivity index (χ4n) is 4.78. The monoisotopic (exact) mass is 661 g/mol. The number of nitrogens with zero attached hydrogens (tertiary/aromatic N) is 3. The molecule has 1 unspecified atom stereocenters. The van der Waals surface area contributed by atoms with Gasteiger partial charge in [-0.2, -0.15) is 10.2 Å². The Bertz CT molecular complexity index is 1570. The van der Waals surface area contributed by atoms with E-state index in [0.29, 0.717) is 17.6 Å². The third-order valence-corrected chi connectivity index (χ3v) is 8.77. The number of esters is 3. The Balaban J connectivity index is 1.71. The quantitative estimate of drug-likeness (QED) is 0.135. The number of para-hydroxylation sites is 1. The molecule has 1 aliphatic rings. The van der Waals surface area contributed by atoms with Crippen molar-refractivity contribution in [2.45, 2.75) is 83.8 Å². The minimum atomic E-state index is -4.35. The Morgan fingerprint density at radius 3 is 2.46 bits per heavy atom. The van der Waals surface area contributed by atoms with Crippen LogP contribution < -0.4 is 15.3 Å². The molecule has 4 rings (SSSR count). The molecule has 0 amide bonds. The topological polar surface area (TPSA) is 192 Å². The van der Waals surface area contributed by atoms with Crippen molar-refractivity contribution in [1.29, 1.82) is 0 Å². The molecule has 16 heteroatoms. The van der Waals surface area contributed by atoms with Crippen molar-refractivity contribution >= 4 is 37.0 Å². The summed E-state index contributed by atoms with van der Waals surface area (Å²) in [6, 6.07) is 10.5.